The van der Waals surface area contributed by atoms with Crippen molar-refractivity contribution in [2.24, 2.45) is 5.92 Å². The Kier molecular flexibility index (Phi) is 9.85. The Bertz CT molecular complexity index is 1510. The summed E-state index contributed by atoms with van der Waals surface area (Å²) in [6.07, 6.45) is 3.59. The largest absolute Gasteiger partial charge is 0.505 e. The third-order valence-electron chi connectivity index (χ3n) is 8.31. The molecule has 0 aliphatic heterocycles. The van der Waals surface area contributed by atoms with Gasteiger partial charge in [0, 0.05) is 12.6 Å². The molecule has 4 rings (SSSR count). The number of benzene rings is 3. The lowest BCUT2D eigenvalue weighted by molar-refractivity contribution is 0.0663. The van der Waals surface area contributed by atoms with E-state index in [4.69, 9.17) is 0 Å². The van der Waals surface area contributed by atoms with Gasteiger partial charge in [0.05, 0.1) is 10.1 Å². The van der Waals surface area contributed by atoms with Gasteiger partial charge in [-0.1, -0.05) is 77.4 Å². The van der Waals surface area contributed by atoms with E-state index in [1.807, 2.05) is 6.92 Å². The molecule has 6 heteroatoms. The number of hydrogen-bond donors (Lipinski definition) is 1. The molecule has 0 spiro atoms. The zero-order valence-corrected chi connectivity index (χ0v) is 25.7. The number of hydrogen-bond acceptors (Lipinski definition) is 3. The summed E-state index contributed by atoms with van der Waals surface area (Å²) in [5.74, 6) is -1.32. The van der Waals surface area contributed by atoms with Gasteiger partial charge in [0.15, 0.2) is 0 Å². The van der Waals surface area contributed by atoms with Crippen molar-refractivity contribution in [3.8, 4) is 16.9 Å². The number of aromatic hydroxyl groups is 1. The molecule has 1 amide bonds. The van der Waals surface area contributed by atoms with Gasteiger partial charge in [-0.2, -0.15) is 0 Å². The lowest BCUT2D eigenvalue weighted by Gasteiger charge is -2.31. The second-order valence-corrected chi connectivity index (χ2v) is 12.5. The number of rotatable bonds is 11. The first-order chi connectivity index (χ1) is 19.5. The number of fused-ring (bicyclic) bond motifs is 1. The summed E-state index contributed by atoms with van der Waals surface area (Å²) in [6, 6.07) is 16.8. The van der Waals surface area contributed by atoms with Crippen LogP contribution in [0, 0.1) is 17.6 Å². The average molecular weight is 578 g/mol. The van der Waals surface area contributed by atoms with Gasteiger partial charge in [-0.25, -0.2) is 8.78 Å². The third-order valence-corrected chi connectivity index (χ3v) is 9.49. The van der Waals surface area contributed by atoms with E-state index in [2.05, 4.69) is 77.1 Å². The Balaban J connectivity index is 1.75. The normalized spacial score (nSPS) is 13.1. The molecule has 2 atom stereocenters. The van der Waals surface area contributed by atoms with Crippen molar-refractivity contribution < 1.29 is 18.7 Å². The standard InChI is InChI=1S/C35H41F2NO2S/c1-7-22(5)9-10-23(6)38(35(40)34-32(39)31-29(36)17-18-30(37)33(31)41-34)20-28-19-27(16-11-24(28)8-2)26-14-12-25(13-15-26)21(3)4/h11-19,21-23,39H,7-10,20H2,1-6H3/t22-,23+/m1/s1. The van der Waals surface area contributed by atoms with Crippen LogP contribution < -0.4 is 0 Å². The number of amides is 1. The molecule has 0 unspecified atom stereocenters. The van der Waals surface area contributed by atoms with Crippen LogP contribution in [0.1, 0.15) is 93.1 Å². The molecule has 4 aromatic rings. The van der Waals surface area contributed by atoms with Crippen LogP contribution in [-0.2, 0) is 13.0 Å². The van der Waals surface area contributed by atoms with Crippen LogP contribution in [-0.4, -0.2) is 22.0 Å². The van der Waals surface area contributed by atoms with Crippen LogP contribution in [0.3, 0.4) is 0 Å². The zero-order chi connectivity index (χ0) is 29.8. The quantitative estimate of drug-likeness (QED) is 0.193. The average Bonchev–Trinajstić information content (AvgIpc) is 3.34. The molecule has 0 fully saturated rings. The molecule has 3 aromatic carbocycles. The van der Waals surface area contributed by atoms with Crippen LogP contribution in [0.4, 0.5) is 8.78 Å². The van der Waals surface area contributed by atoms with Crippen molar-refractivity contribution in [1.82, 2.24) is 4.90 Å². The maximum Gasteiger partial charge on any atom is 0.268 e. The fourth-order valence-corrected chi connectivity index (χ4v) is 6.32. The number of halogens is 2. The first kappa shape index (κ1) is 30.7. The van der Waals surface area contributed by atoms with E-state index in [9.17, 15) is 18.7 Å². The number of aryl methyl sites for hydroxylation is 1. The summed E-state index contributed by atoms with van der Waals surface area (Å²) < 4.78 is 29.1. The number of carbonyl (C=O) groups is 1. The third kappa shape index (κ3) is 6.64. The summed E-state index contributed by atoms with van der Waals surface area (Å²) in [5, 5.41) is 10.7. The predicted molar refractivity (Wildman–Crippen MR) is 167 cm³/mol. The highest BCUT2D eigenvalue weighted by Gasteiger charge is 2.29. The second kappa shape index (κ2) is 13.2. The highest BCUT2D eigenvalue weighted by atomic mass is 32.1. The molecule has 1 aromatic heterocycles. The van der Waals surface area contributed by atoms with Crippen molar-refractivity contribution in [1.29, 1.82) is 0 Å². The van der Waals surface area contributed by atoms with E-state index < -0.39 is 23.3 Å². The summed E-state index contributed by atoms with van der Waals surface area (Å²) >= 11 is 0.815. The molecular formula is C35H41F2NO2S. The molecule has 0 saturated heterocycles. The van der Waals surface area contributed by atoms with Crippen LogP contribution in [0.5, 0.6) is 5.75 Å². The van der Waals surface area contributed by atoms with E-state index in [-0.39, 0.29) is 21.0 Å². The SMILES string of the molecule is CCc1ccc(-c2ccc(C(C)C)cc2)cc1CN(C(=O)c1sc2c(F)ccc(F)c2c1O)[C@@H](C)CC[C@H](C)CC. The van der Waals surface area contributed by atoms with Gasteiger partial charge in [0.2, 0.25) is 0 Å². The van der Waals surface area contributed by atoms with E-state index in [1.165, 1.54) is 5.56 Å². The lowest BCUT2D eigenvalue weighted by atomic mass is 9.94. The molecule has 218 valence electrons. The molecule has 0 radical (unpaired) electrons. The summed E-state index contributed by atoms with van der Waals surface area (Å²) in [5.41, 5.74) is 5.62. The summed E-state index contributed by atoms with van der Waals surface area (Å²) in [6.45, 7) is 13.2. The number of nitrogens with zero attached hydrogens (tertiary/aromatic N) is 1. The molecule has 0 saturated carbocycles. The summed E-state index contributed by atoms with van der Waals surface area (Å²) in [4.78, 5) is 15.8. The van der Waals surface area contributed by atoms with Gasteiger partial charge in [-0.05, 0) is 84.0 Å². The van der Waals surface area contributed by atoms with E-state index in [1.54, 1.807) is 4.90 Å². The molecule has 1 heterocycles. The van der Waals surface area contributed by atoms with Gasteiger partial charge in [-0.15, -0.1) is 11.3 Å². The Labute approximate surface area is 246 Å². The zero-order valence-electron chi connectivity index (χ0n) is 24.9. The first-order valence-corrected chi connectivity index (χ1v) is 15.5. The minimum absolute atomic E-state index is 0.0298. The van der Waals surface area contributed by atoms with E-state index in [0.29, 0.717) is 18.4 Å². The Hall–Kier alpha value is -3.25. The van der Waals surface area contributed by atoms with Crippen molar-refractivity contribution in [2.45, 2.75) is 85.7 Å². The smallest absolute Gasteiger partial charge is 0.268 e. The van der Waals surface area contributed by atoms with Crippen molar-refractivity contribution in [3.63, 3.8) is 0 Å². The minimum Gasteiger partial charge on any atom is -0.505 e. The molecule has 41 heavy (non-hydrogen) atoms. The Morgan fingerprint density at radius 1 is 0.878 bits per heavy atom. The molecule has 0 aliphatic rings. The monoisotopic (exact) mass is 577 g/mol. The van der Waals surface area contributed by atoms with Crippen LogP contribution in [0.25, 0.3) is 21.2 Å². The first-order valence-electron chi connectivity index (χ1n) is 14.7. The highest BCUT2D eigenvalue weighted by Crippen LogP contribution is 2.41. The fraction of sp³-hybridized carbons (Fsp3) is 0.400. The van der Waals surface area contributed by atoms with Crippen LogP contribution >= 0.6 is 11.3 Å². The van der Waals surface area contributed by atoms with Gasteiger partial charge in [-0.3, -0.25) is 4.79 Å². The van der Waals surface area contributed by atoms with E-state index >= 15 is 0 Å². The maximum atomic E-state index is 14.6. The fourth-order valence-electron chi connectivity index (χ4n) is 5.25. The lowest BCUT2D eigenvalue weighted by Crippen LogP contribution is -2.38. The van der Waals surface area contributed by atoms with Crippen LogP contribution in [0.15, 0.2) is 54.6 Å². The minimum atomic E-state index is -0.741. The van der Waals surface area contributed by atoms with Crippen molar-refractivity contribution in [3.05, 3.63) is 87.8 Å². The Morgan fingerprint density at radius 3 is 2.15 bits per heavy atom. The molecular weight excluding hydrogens is 536 g/mol. The summed E-state index contributed by atoms with van der Waals surface area (Å²) in [7, 11) is 0. The van der Waals surface area contributed by atoms with Gasteiger partial charge < -0.3 is 10.0 Å². The number of carbonyl (C=O) groups excluding carboxylic acids is 1. The second-order valence-electron chi connectivity index (χ2n) is 11.5. The Morgan fingerprint density at radius 2 is 1.54 bits per heavy atom. The predicted octanol–water partition coefficient (Wildman–Crippen LogP) is 10.1. The highest BCUT2D eigenvalue weighted by molar-refractivity contribution is 7.21. The number of thiophene rings is 1. The molecule has 0 bridgehead atoms. The van der Waals surface area contributed by atoms with Crippen LogP contribution in [0.2, 0.25) is 0 Å². The van der Waals surface area contributed by atoms with E-state index in [0.717, 1.165) is 71.4 Å². The maximum absolute atomic E-state index is 14.6. The molecule has 3 nitrogen and oxygen atoms in total. The topological polar surface area (TPSA) is 40.5 Å². The van der Waals surface area contributed by atoms with Crippen molar-refractivity contribution >= 4 is 27.3 Å². The van der Waals surface area contributed by atoms with Gasteiger partial charge in [0.25, 0.3) is 5.91 Å². The molecule has 0 aliphatic carbocycles. The molecule has 1 N–H and O–H groups in total. The van der Waals surface area contributed by atoms with Crippen molar-refractivity contribution in [2.75, 3.05) is 0 Å². The van der Waals surface area contributed by atoms with Gasteiger partial charge in [0.1, 0.15) is 22.3 Å². The van der Waals surface area contributed by atoms with Gasteiger partial charge >= 0.3 is 0 Å².